The van der Waals surface area contributed by atoms with Crippen LogP contribution in [0.25, 0.3) is 0 Å². The van der Waals surface area contributed by atoms with Gasteiger partial charge in [-0.1, -0.05) is 21.6 Å². The molecule has 0 fully saturated rings. The summed E-state index contributed by atoms with van der Waals surface area (Å²) in [5.74, 6) is 0. The third-order valence-corrected chi connectivity index (χ3v) is 4.84. The molecule has 0 aliphatic rings. The summed E-state index contributed by atoms with van der Waals surface area (Å²) in [6.45, 7) is 10.8. The van der Waals surface area contributed by atoms with Crippen molar-refractivity contribution in [2.24, 2.45) is 0 Å². The van der Waals surface area contributed by atoms with Crippen molar-refractivity contribution in [3.05, 3.63) is 10.1 Å². The van der Waals surface area contributed by atoms with E-state index in [1.807, 2.05) is 6.55 Å². The third kappa shape index (κ3) is 283. The van der Waals surface area contributed by atoms with Gasteiger partial charge in [-0.15, -0.1) is 7.92 Å². The highest BCUT2D eigenvalue weighted by atomic mass is 33.1. The van der Waals surface area contributed by atoms with Crippen LogP contribution >= 0.6 is 37.1 Å². The lowest BCUT2D eigenvalue weighted by Gasteiger charge is -2.18. The summed E-state index contributed by atoms with van der Waals surface area (Å²) in [4.78, 5) is 23.6. The van der Waals surface area contributed by atoms with Gasteiger partial charge in [-0.25, -0.2) is 0 Å². The summed E-state index contributed by atoms with van der Waals surface area (Å²) in [7, 11) is 0.0856. The van der Waals surface area contributed by atoms with E-state index in [0.29, 0.717) is 14.2 Å². The average Bonchev–Trinajstić information content (AvgIpc) is 2.58. The molecule has 0 rings (SSSR count). The lowest BCUT2D eigenvalue weighted by Crippen LogP contribution is -2.38. The van der Waals surface area contributed by atoms with Gasteiger partial charge in [-0.05, 0) is 32.5 Å². The molecule has 0 saturated heterocycles. The van der Waals surface area contributed by atoms with Crippen molar-refractivity contribution >= 4 is 56.0 Å². The largest absolute Gasteiger partial charge is 0.496 e. The van der Waals surface area contributed by atoms with Crippen molar-refractivity contribution in [2.75, 3.05) is 73.8 Å². The molecule has 0 aromatic heterocycles. The van der Waals surface area contributed by atoms with Crippen molar-refractivity contribution in [1.82, 2.24) is 0 Å². The Morgan fingerprint density at radius 2 is 1.18 bits per heavy atom. The highest BCUT2D eigenvalue weighted by Crippen LogP contribution is 2.26. The smallest absolute Gasteiger partial charge is 0.377 e. The highest BCUT2D eigenvalue weighted by molar-refractivity contribution is 8.76. The third-order valence-electron chi connectivity index (χ3n) is 1.28. The number of hydrogen-bond donors (Lipinski definition) is 3. The van der Waals surface area contributed by atoms with E-state index < -0.39 is 31.4 Å². The van der Waals surface area contributed by atoms with Gasteiger partial charge in [0.05, 0.1) is 12.3 Å². The second-order valence-corrected chi connectivity index (χ2v) is 16.8. The standard InChI is InChI=1S/C4H12O3Si.C3H9P.C2H3N.C2H6S2.CH3NO2.CH5O3P.CH4O3S/c1-5-8(4,6-2)7-3;1-4(2)3;1-2-3;1-3-4-2;1-2(3)4;2*1-5(2,3)4/h1-4H3;1-3H3;1H3;1-2H3;1H3;1H3,(H2,2,3,4);1H3,(H,2,3,4). The first kappa shape index (κ1) is 50.1. The zero-order valence-corrected chi connectivity index (χ0v) is 26.9. The van der Waals surface area contributed by atoms with Gasteiger partial charge in [0.1, 0.15) is 0 Å². The molecule has 0 bridgehead atoms. The molecule has 206 valence electrons. The predicted molar refractivity (Wildman–Crippen MR) is 144 cm³/mol. The molecule has 0 radical (unpaired) electrons. The van der Waals surface area contributed by atoms with Gasteiger partial charge in [0, 0.05) is 46.4 Å². The van der Waals surface area contributed by atoms with E-state index in [0.717, 1.165) is 13.7 Å². The molecule has 19 heteroatoms. The monoisotopic (exact) mass is 600 g/mol. The fraction of sp³-hybridized carbons (Fsp3) is 0.929. The molecule has 0 aromatic rings. The molecule has 0 spiro atoms. The number of nitro groups is 1. The van der Waals surface area contributed by atoms with Crippen LogP contribution in [0.5, 0.6) is 0 Å². The van der Waals surface area contributed by atoms with Crippen LogP contribution in [0.2, 0.25) is 6.55 Å². The Hall–Kier alpha value is 0.177. The van der Waals surface area contributed by atoms with Crippen molar-refractivity contribution in [2.45, 2.75) is 13.5 Å². The van der Waals surface area contributed by atoms with Crippen LogP contribution in [-0.4, -0.2) is 110 Å². The normalized spacial score (nSPS) is 9.45. The van der Waals surface area contributed by atoms with Gasteiger partial charge in [0.25, 0.3) is 10.1 Å². The van der Waals surface area contributed by atoms with Crippen LogP contribution < -0.4 is 0 Å². The van der Waals surface area contributed by atoms with E-state index in [-0.39, 0.29) is 0 Å². The van der Waals surface area contributed by atoms with E-state index in [2.05, 4.69) is 32.5 Å². The summed E-state index contributed by atoms with van der Waals surface area (Å²) < 4.78 is 50.0. The molecule has 0 saturated carbocycles. The van der Waals surface area contributed by atoms with Gasteiger partial charge in [-0.3, -0.25) is 19.2 Å². The van der Waals surface area contributed by atoms with Gasteiger partial charge in [0.15, 0.2) is 7.05 Å². The molecular formula is C14H42N2O11P2S3Si. The quantitative estimate of drug-likeness (QED) is 0.106. The van der Waals surface area contributed by atoms with Gasteiger partial charge < -0.3 is 23.1 Å². The molecule has 0 aliphatic heterocycles. The minimum Gasteiger partial charge on any atom is -0.377 e. The van der Waals surface area contributed by atoms with Crippen LogP contribution in [0.1, 0.15) is 6.92 Å². The maximum absolute atomic E-state index is 9.33. The van der Waals surface area contributed by atoms with Crippen LogP contribution in [0.4, 0.5) is 0 Å². The topological polar surface area (TPSA) is 207 Å². The molecule has 0 aromatic carbocycles. The maximum atomic E-state index is 9.33. The van der Waals surface area contributed by atoms with Gasteiger partial charge in [-0.2, -0.15) is 13.7 Å². The lowest BCUT2D eigenvalue weighted by atomic mass is 11.0. The van der Waals surface area contributed by atoms with Crippen LogP contribution in [0.15, 0.2) is 0 Å². The molecule has 0 amide bonds. The molecule has 0 aliphatic carbocycles. The second-order valence-electron chi connectivity index (χ2n) is 5.38. The maximum Gasteiger partial charge on any atom is 0.496 e. The Kier molecular flexibility index (Phi) is 52.2. The molecule has 33 heavy (non-hydrogen) atoms. The molecule has 3 N–H and O–H groups in total. The van der Waals surface area contributed by atoms with Gasteiger partial charge >= 0.3 is 16.4 Å². The number of nitrogens with zero attached hydrogens (tertiary/aromatic N) is 2. The fourth-order valence-electron chi connectivity index (χ4n) is 0.250. The molecular weight excluding hydrogens is 558 g/mol. The summed E-state index contributed by atoms with van der Waals surface area (Å²) in [5, 5.41) is 16.1. The zero-order chi connectivity index (χ0) is 28.9. The number of rotatable bonds is 4. The number of nitriles is 1. The fourth-order valence-corrected chi connectivity index (χ4v) is 0.750. The molecule has 0 heterocycles. The summed E-state index contributed by atoms with van der Waals surface area (Å²) in [6, 6.07) is 1.75. The van der Waals surface area contributed by atoms with E-state index >= 15 is 0 Å². The SMILES string of the molecule is CC#N.CO[Si](C)(OC)OC.CP(=O)(O)O.CP(C)C.CS(=O)(=O)O.CSSC.C[N+](=O)[O-]. The van der Waals surface area contributed by atoms with Crippen molar-refractivity contribution < 1.29 is 45.5 Å². The lowest BCUT2D eigenvalue weighted by molar-refractivity contribution is -0.445. The highest BCUT2D eigenvalue weighted by Gasteiger charge is 2.29. The van der Waals surface area contributed by atoms with E-state index in [4.69, 9.17) is 43.0 Å². The minimum absolute atomic E-state index is 0.380. The first-order chi connectivity index (χ1) is 14.5. The van der Waals surface area contributed by atoms with Gasteiger partial charge in [0.2, 0.25) is 0 Å². The summed E-state index contributed by atoms with van der Waals surface area (Å²) in [5.41, 5.74) is 0. The van der Waals surface area contributed by atoms with Crippen LogP contribution in [0.3, 0.4) is 0 Å². The van der Waals surface area contributed by atoms with E-state index in [9.17, 15) is 13.0 Å². The zero-order valence-electron chi connectivity index (χ0n) is 21.6. The van der Waals surface area contributed by atoms with Crippen molar-refractivity contribution in [1.29, 1.82) is 5.26 Å². The molecule has 13 nitrogen and oxygen atoms in total. The Morgan fingerprint density at radius 3 is 1.18 bits per heavy atom. The Morgan fingerprint density at radius 1 is 1.09 bits per heavy atom. The first-order valence-electron chi connectivity index (χ1n) is 8.15. The Labute approximate surface area is 209 Å². The summed E-state index contributed by atoms with van der Waals surface area (Å²) in [6.07, 6.45) is 4.84. The molecule has 0 atom stereocenters. The first-order valence-corrected chi connectivity index (χ1v) is 19.9. The minimum atomic E-state index is -3.67. The van der Waals surface area contributed by atoms with Crippen LogP contribution in [0, 0.1) is 21.4 Å². The summed E-state index contributed by atoms with van der Waals surface area (Å²) >= 11 is 0. The molecule has 0 unspecified atom stereocenters. The Balaban J connectivity index is -0.0000000490. The van der Waals surface area contributed by atoms with Crippen LogP contribution in [-0.2, 0) is 28.0 Å². The van der Waals surface area contributed by atoms with E-state index in [1.165, 1.54) is 6.92 Å². The van der Waals surface area contributed by atoms with Crippen molar-refractivity contribution in [3.63, 3.8) is 0 Å². The van der Waals surface area contributed by atoms with Crippen molar-refractivity contribution in [3.8, 4) is 6.07 Å². The average molecular weight is 601 g/mol. The predicted octanol–water partition coefficient (Wildman–Crippen LogP) is 3.20. The number of hydrogen-bond acceptors (Lipinski definition) is 11. The second kappa shape index (κ2) is 34.3. The van der Waals surface area contributed by atoms with E-state index in [1.54, 1.807) is 49.0 Å². The Bertz CT molecular complexity index is 552.